The molecule has 0 aliphatic rings. The quantitative estimate of drug-likeness (QED) is 0.415. The average molecular weight is 469 g/mol. The number of thiazole rings is 1. The van der Waals surface area contributed by atoms with Crippen LogP contribution in [0.15, 0.2) is 83.9 Å². The monoisotopic (exact) mass is 468 g/mol. The van der Waals surface area contributed by atoms with Gasteiger partial charge in [-0.25, -0.2) is 14.6 Å². The third kappa shape index (κ3) is 4.04. The molecule has 0 fully saturated rings. The van der Waals surface area contributed by atoms with Gasteiger partial charge >= 0.3 is 0 Å². The lowest BCUT2D eigenvalue weighted by atomic mass is 10.1. The van der Waals surface area contributed by atoms with Crippen molar-refractivity contribution in [1.82, 2.24) is 24.3 Å². The molecule has 3 heterocycles. The second-order valence-corrected chi connectivity index (χ2v) is 8.62. The molecule has 0 aliphatic carbocycles. The van der Waals surface area contributed by atoms with Crippen LogP contribution in [0.2, 0.25) is 0 Å². The minimum absolute atomic E-state index is 0.204. The van der Waals surface area contributed by atoms with Crippen LogP contribution < -0.4 is 10.7 Å². The molecule has 34 heavy (non-hydrogen) atoms. The zero-order valence-corrected chi connectivity index (χ0v) is 19.3. The van der Waals surface area contributed by atoms with Crippen LogP contribution in [-0.2, 0) is 7.05 Å². The Morgan fingerprint density at radius 1 is 1.03 bits per heavy atom. The molecule has 0 atom stereocenters. The first-order valence-electron chi connectivity index (χ1n) is 10.5. The summed E-state index contributed by atoms with van der Waals surface area (Å²) >= 11 is 1.30. The summed E-state index contributed by atoms with van der Waals surface area (Å²) < 4.78 is 3.47. The van der Waals surface area contributed by atoms with E-state index in [9.17, 15) is 9.59 Å². The number of rotatable bonds is 5. The Kier molecular flexibility index (Phi) is 5.60. The maximum absolute atomic E-state index is 13.1. The highest BCUT2D eigenvalue weighted by atomic mass is 32.1. The van der Waals surface area contributed by atoms with Crippen LogP contribution in [0.3, 0.4) is 0 Å². The lowest BCUT2D eigenvalue weighted by Crippen LogP contribution is -2.26. The largest absolute Gasteiger partial charge is 0.333 e. The van der Waals surface area contributed by atoms with Crippen LogP contribution >= 0.6 is 11.3 Å². The van der Waals surface area contributed by atoms with E-state index in [0.717, 1.165) is 22.0 Å². The van der Waals surface area contributed by atoms with E-state index in [4.69, 9.17) is 0 Å². The van der Waals surface area contributed by atoms with E-state index in [2.05, 4.69) is 20.4 Å². The molecule has 0 unspecified atom stereocenters. The number of aryl methyl sites for hydroxylation is 2. The number of aromatic nitrogens is 5. The normalized spacial score (nSPS) is 10.9. The highest BCUT2D eigenvalue weighted by Crippen LogP contribution is 2.38. The van der Waals surface area contributed by atoms with Crippen molar-refractivity contribution in [3.63, 3.8) is 0 Å². The van der Waals surface area contributed by atoms with Gasteiger partial charge in [-0.2, -0.15) is 5.10 Å². The van der Waals surface area contributed by atoms with E-state index in [0.29, 0.717) is 16.5 Å². The fourth-order valence-corrected chi connectivity index (χ4v) is 4.61. The number of imidazole rings is 1. The Morgan fingerprint density at radius 2 is 1.74 bits per heavy atom. The van der Waals surface area contributed by atoms with Gasteiger partial charge in [0.1, 0.15) is 0 Å². The van der Waals surface area contributed by atoms with E-state index in [-0.39, 0.29) is 5.69 Å². The first kappa shape index (κ1) is 21.5. The summed E-state index contributed by atoms with van der Waals surface area (Å²) in [5, 5.41) is 7.46. The molecule has 1 N–H and O–H groups in total. The molecule has 8 nitrogen and oxygen atoms in total. The Labute approximate surface area is 199 Å². The van der Waals surface area contributed by atoms with Crippen LogP contribution in [0.25, 0.3) is 27.6 Å². The van der Waals surface area contributed by atoms with E-state index in [1.165, 1.54) is 17.4 Å². The SMILES string of the molecule is Cc1cc(=O)c(C(=O)Nc2nc(-c3ccccc3)c(-c3nccn3C)s2)nn1-c1ccccc1. The minimum Gasteiger partial charge on any atom is -0.333 e. The van der Waals surface area contributed by atoms with Crippen molar-refractivity contribution in [2.75, 3.05) is 5.32 Å². The molecule has 3 aromatic heterocycles. The predicted octanol–water partition coefficient (Wildman–Crippen LogP) is 4.32. The van der Waals surface area contributed by atoms with Gasteiger partial charge in [-0.15, -0.1) is 0 Å². The fourth-order valence-electron chi connectivity index (χ4n) is 3.59. The van der Waals surface area contributed by atoms with Crippen LogP contribution in [0.1, 0.15) is 16.2 Å². The van der Waals surface area contributed by atoms with E-state index < -0.39 is 11.3 Å². The number of benzene rings is 2. The summed E-state index contributed by atoms with van der Waals surface area (Å²) in [6.45, 7) is 1.77. The lowest BCUT2D eigenvalue weighted by molar-refractivity contribution is 0.101. The van der Waals surface area contributed by atoms with Gasteiger partial charge in [0.2, 0.25) is 5.43 Å². The number of hydrogen-bond donors (Lipinski definition) is 1. The fraction of sp³-hybridized carbons (Fsp3) is 0.0800. The van der Waals surface area contributed by atoms with Crippen molar-refractivity contribution in [2.45, 2.75) is 6.92 Å². The van der Waals surface area contributed by atoms with Gasteiger partial charge in [-0.3, -0.25) is 14.9 Å². The third-order valence-electron chi connectivity index (χ3n) is 5.24. The van der Waals surface area contributed by atoms with Gasteiger partial charge in [-0.1, -0.05) is 59.9 Å². The molecule has 0 aliphatic heterocycles. The Bertz CT molecular complexity index is 1540. The number of nitrogens with one attached hydrogen (secondary N) is 1. The Hall–Kier alpha value is -4.37. The first-order valence-corrected chi connectivity index (χ1v) is 11.3. The zero-order chi connectivity index (χ0) is 23.7. The number of anilines is 1. The Morgan fingerprint density at radius 3 is 2.41 bits per heavy atom. The van der Waals surface area contributed by atoms with E-state index in [1.54, 1.807) is 17.8 Å². The molecule has 0 spiro atoms. The number of nitrogens with zero attached hydrogens (tertiary/aromatic N) is 5. The maximum atomic E-state index is 13.1. The van der Waals surface area contributed by atoms with Gasteiger partial charge in [0.25, 0.3) is 5.91 Å². The Balaban J connectivity index is 1.53. The molecule has 5 aromatic rings. The van der Waals surface area contributed by atoms with Crippen molar-refractivity contribution in [3.05, 3.63) is 101 Å². The number of hydrogen-bond acceptors (Lipinski definition) is 6. The summed E-state index contributed by atoms with van der Waals surface area (Å²) in [5.74, 6) is 0.117. The van der Waals surface area contributed by atoms with Crippen molar-refractivity contribution in [3.8, 4) is 27.6 Å². The second-order valence-electron chi connectivity index (χ2n) is 7.62. The standard InChI is InChI=1S/C25H20N6O2S/c1-16-15-19(32)21(29-31(16)18-11-7-4-8-12-18)24(33)28-25-27-20(17-9-5-3-6-10-17)22(34-25)23-26-13-14-30(23)2/h3-15H,1-2H3,(H,27,28,33). The average Bonchev–Trinajstić information content (AvgIpc) is 3.46. The van der Waals surface area contributed by atoms with Gasteiger partial charge < -0.3 is 4.57 Å². The molecular weight excluding hydrogens is 448 g/mol. The molecule has 0 radical (unpaired) electrons. The highest BCUT2D eigenvalue weighted by molar-refractivity contribution is 7.19. The molecule has 1 amide bonds. The maximum Gasteiger partial charge on any atom is 0.281 e. The second kappa shape index (κ2) is 8.87. The third-order valence-corrected chi connectivity index (χ3v) is 6.21. The van der Waals surface area contributed by atoms with Crippen LogP contribution in [0.4, 0.5) is 5.13 Å². The summed E-state index contributed by atoms with van der Waals surface area (Å²) in [6, 6.07) is 20.4. The van der Waals surface area contributed by atoms with Gasteiger partial charge in [-0.05, 0) is 19.1 Å². The van der Waals surface area contributed by atoms with Crippen LogP contribution in [0.5, 0.6) is 0 Å². The molecular formula is C25H20N6O2S. The van der Waals surface area contributed by atoms with Crippen LogP contribution in [-0.4, -0.2) is 30.2 Å². The van der Waals surface area contributed by atoms with Crippen molar-refractivity contribution < 1.29 is 4.79 Å². The summed E-state index contributed by atoms with van der Waals surface area (Å²) in [4.78, 5) is 35.6. The summed E-state index contributed by atoms with van der Waals surface area (Å²) in [6.07, 6.45) is 3.56. The summed E-state index contributed by atoms with van der Waals surface area (Å²) in [5.41, 5.74) is 2.33. The number of carbonyl (C=O) groups excluding carboxylic acids is 1. The van der Waals surface area contributed by atoms with Crippen molar-refractivity contribution >= 4 is 22.4 Å². The van der Waals surface area contributed by atoms with Gasteiger partial charge in [0, 0.05) is 36.8 Å². The molecule has 0 bridgehead atoms. The number of para-hydroxylation sites is 1. The molecule has 5 rings (SSSR count). The van der Waals surface area contributed by atoms with Crippen molar-refractivity contribution in [2.24, 2.45) is 7.05 Å². The number of carbonyl (C=O) groups is 1. The van der Waals surface area contributed by atoms with Crippen LogP contribution in [0, 0.1) is 6.92 Å². The molecule has 0 saturated heterocycles. The smallest absolute Gasteiger partial charge is 0.281 e. The van der Waals surface area contributed by atoms with Crippen molar-refractivity contribution in [1.29, 1.82) is 0 Å². The summed E-state index contributed by atoms with van der Waals surface area (Å²) in [7, 11) is 1.90. The predicted molar refractivity (Wildman–Crippen MR) is 132 cm³/mol. The minimum atomic E-state index is -0.616. The molecule has 0 saturated carbocycles. The molecule has 9 heteroatoms. The topological polar surface area (TPSA) is 94.7 Å². The lowest BCUT2D eigenvalue weighted by Gasteiger charge is -2.10. The van der Waals surface area contributed by atoms with Gasteiger partial charge in [0.05, 0.1) is 16.3 Å². The molecule has 2 aromatic carbocycles. The highest BCUT2D eigenvalue weighted by Gasteiger charge is 2.21. The van der Waals surface area contributed by atoms with Gasteiger partial charge in [0.15, 0.2) is 16.6 Å². The van der Waals surface area contributed by atoms with E-state index >= 15 is 0 Å². The first-order chi connectivity index (χ1) is 16.5. The van der Waals surface area contributed by atoms with E-state index in [1.807, 2.05) is 78.5 Å². The zero-order valence-electron chi connectivity index (χ0n) is 18.5. The molecule has 168 valence electrons. The number of amides is 1.